The average Bonchev–Trinajstić information content (AvgIpc) is 2.46. The van der Waals surface area contributed by atoms with Gasteiger partial charge in [-0.25, -0.2) is 0 Å². The van der Waals surface area contributed by atoms with Crippen LogP contribution in [-0.4, -0.2) is 13.1 Å². The van der Waals surface area contributed by atoms with Crippen LogP contribution in [0.25, 0.3) is 0 Å². The summed E-state index contributed by atoms with van der Waals surface area (Å²) in [6.45, 7) is 2.42. The highest BCUT2D eigenvalue weighted by Gasteiger charge is 2.31. The van der Waals surface area contributed by atoms with Crippen LogP contribution in [0.15, 0.2) is 22.7 Å². The van der Waals surface area contributed by atoms with E-state index < -0.39 is 0 Å². The first-order chi connectivity index (χ1) is 9.28. The average molecular weight is 343 g/mol. The van der Waals surface area contributed by atoms with E-state index in [9.17, 15) is 0 Å². The lowest BCUT2D eigenvalue weighted by Crippen LogP contribution is -2.42. The molecule has 0 N–H and O–H groups in total. The van der Waals surface area contributed by atoms with Crippen LogP contribution in [0.1, 0.15) is 37.7 Å². The van der Waals surface area contributed by atoms with Gasteiger partial charge in [0.15, 0.2) is 0 Å². The van der Waals surface area contributed by atoms with Crippen molar-refractivity contribution in [3.8, 4) is 0 Å². The van der Waals surface area contributed by atoms with Crippen LogP contribution in [0.4, 0.5) is 5.69 Å². The van der Waals surface area contributed by atoms with E-state index in [1.807, 2.05) is 0 Å². The first-order valence-electron chi connectivity index (χ1n) is 7.37. The number of piperidine rings is 1. The maximum Gasteiger partial charge on any atom is 0.0494 e. The fourth-order valence-corrected chi connectivity index (χ4v) is 4.34. The number of hydrogen-bond donors (Lipinski definition) is 0. The van der Waals surface area contributed by atoms with Gasteiger partial charge in [-0.15, -0.1) is 11.6 Å². The van der Waals surface area contributed by atoms with Crippen molar-refractivity contribution < 1.29 is 0 Å². The lowest BCUT2D eigenvalue weighted by molar-refractivity contribution is 0.202. The Balaban J connectivity index is 1.80. The predicted molar refractivity (Wildman–Crippen MR) is 86.0 cm³/mol. The minimum atomic E-state index is 0.604. The van der Waals surface area contributed by atoms with Gasteiger partial charge in [-0.05, 0) is 42.4 Å². The van der Waals surface area contributed by atoms with Crippen molar-refractivity contribution in [2.45, 2.75) is 38.0 Å². The van der Waals surface area contributed by atoms with Gasteiger partial charge in [0.25, 0.3) is 0 Å². The molecule has 1 aliphatic carbocycles. The van der Waals surface area contributed by atoms with Crippen molar-refractivity contribution >= 4 is 33.2 Å². The number of anilines is 1. The number of fused-ring (bicyclic) bond motifs is 1. The molecular formula is C16H21BrClN. The molecule has 1 aromatic carbocycles. The van der Waals surface area contributed by atoms with Crippen LogP contribution < -0.4 is 4.90 Å². The Morgan fingerprint density at radius 1 is 1.16 bits per heavy atom. The number of rotatable bonds is 2. The van der Waals surface area contributed by atoms with Gasteiger partial charge in [-0.3, -0.25) is 0 Å². The Bertz CT molecular complexity index is 448. The summed E-state index contributed by atoms with van der Waals surface area (Å²) in [5.74, 6) is 2.49. The molecule has 3 rings (SSSR count). The molecule has 1 aliphatic heterocycles. The monoisotopic (exact) mass is 341 g/mol. The van der Waals surface area contributed by atoms with Crippen molar-refractivity contribution in [2.75, 3.05) is 18.0 Å². The maximum atomic E-state index is 6.10. The summed E-state index contributed by atoms with van der Waals surface area (Å²) in [5, 5.41) is 0. The Morgan fingerprint density at radius 2 is 1.95 bits per heavy atom. The molecule has 2 unspecified atom stereocenters. The second-order valence-electron chi connectivity index (χ2n) is 5.95. The number of halogens is 2. The molecule has 0 bridgehead atoms. The summed E-state index contributed by atoms with van der Waals surface area (Å²) in [7, 11) is 0. The molecule has 0 radical (unpaired) electrons. The normalized spacial score (nSPS) is 27.2. The summed E-state index contributed by atoms with van der Waals surface area (Å²) < 4.78 is 1.15. The van der Waals surface area contributed by atoms with Gasteiger partial charge in [-0.2, -0.15) is 0 Å². The topological polar surface area (TPSA) is 3.24 Å². The summed E-state index contributed by atoms with van der Waals surface area (Å²) in [4.78, 5) is 2.56. The molecule has 1 saturated heterocycles. The third-order valence-corrected chi connectivity index (χ3v) is 5.60. The van der Waals surface area contributed by atoms with E-state index in [4.69, 9.17) is 11.6 Å². The van der Waals surface area contributed by atoms with Crippen LogP contribution in [0.2, 0.25) is 0 Å². The van der Waals surface area contributed by atoms with Gasteiger partial charge in [0.05, 0.1) is 0 Å². The van der Waals surface area contributed by atoms with Crippen LogP contribution >= 0.6 is 27.5 Å². The number of alkyl halides is 1. The molecule has 104 valence electrons. The quantitative estimate of drug-likeness (QED) is 0.667. The van der Waals surface area contributed by atoms with Crippen molar-refractivity contribution in [3.63, 3.8) is 0 Å². The van der Waals surface area contributed by atoms with Crippen molar-refractivity contribution in [3.05, 3.63) is 28.2 Å². The number of hydrogen-bond acceptors (Lipinski definition) is 1. The molecular weight excluding hydrogens is 322 g/mol. The van der Waals surface area contributed by atoms with E-state index in [0.29, 0.717) is 5.88 Å². The maximum absolute atomic E-state index is 6.10. The summed E-state index contributed by atoms with van der Waals surface area (Å²) >= 11 is 9.69. The standard InChI is InChI=1S/C16H21BrClN/c17-15-6-5-13(10-18)16(9-15)19-8-7-12-3-1-2-4-14(12)11-19/h5-6,9,12,14H,1-4,7-8,10-11H2. The van der Waals surface area contributed by atoms with E-state index in [-0.39, 0.29) is 0 Å². The molecule has 0 spiro atoms. The molecule has 1 aromatic rings. The lowest BCUT2D eigenvalue weighted by atomic mass is 9.75. The minimum absolute atomic E-state index is 0.604. The van der Waals surface area contributed by atoms with E-state index in [1.54, 1.807) is 0 Å². The number of nitrogens with zero attached hydrogens (tertiary/aromatic N) is 1. The zero-order chi connectivity index (χ0) is 13.2. The molecule has 19 heavy (non-hydrogen) atoms. The minimum Gasteiger partial charge on any atom is -0.371 e. The molecule has 1 saturated carbocycles. The Kier molecular flexibility index (Phi) is 4.38. The van der Waals surface area contributed by atoms with Gasteiger partial charge in [0, 0.05) is 29.1 Å². The van der Waals surface area contributed by atoms with E-state index in [0.717, 1.165) is 16.3 Å². The molecule has 3 heteroatoms. The highest BCUT2D eigenvalue weighted by Crippen LogP contribution is 2.38. The van der Waals surface area contributed by atoms with Gasteiger partial charge in [0.2, 0.25) is 0 Å². The van der Waals surface area contributed by atoms with Crippen molar-refractivity contribution in [1.82, 2.24) is 0 Å². The first-order valence-corrected chi connectivity index (χ1v) is 8.70. The number of benzene rings is 1. The van der Waals surface area contributed by atoms with Crippen LogP contribution in [0, 0.1) is 11.8 Å². The molecule has 2 aliphatic rings. The smallest absolute Gasteiger partial charge is 0.0494 e. The largest absolute Gasteiger partial charge is 0.371 e. The van der Waals surface area contributed by atoms with Crippen molar-refractivity contribution in [1.29, 1.82) is 0 Å². The zero-order valence-electron chi connectivity index (χ0n) is 11.2. The van der Waals surface area contributed by atoms with Gasteiger partial charge < -0.3 is 4.90 Å². The highest BCUT2D eigenvalue weighted by atomic mass is 79.9. The molecule has 2 atom stereocenters. The molecule has 2 fully saturated rings. The van der Waals surface area contributed by atoms with Gasteiger partial charge >= 0.3 is 0 Å². The third-order valence-electron chi connectivity index (χ3n) is 4.82. The first kappa shape index (κ1) is 13.8. The fraction of sp³-hybridized carbons (Fsp3) is 0.625. The van der Waals surface area contributed by atoms with E-state index in [1.165, 1.54) is 56.4 Å². The third kappa shape index (κ3) is 2.95. The van der Waals surface area contributed by atoms with E-state index >= 15 is 0 Å². The summed E-state index contributed by atoms with van der Waals surface area (Å²) in [6, 6.07) is 6.48. The van der Waals surface area contributed by atoms with Crippen LogP contribution in [0.3, 0.4) is 0 Å². The second kappa shape index (κ2) is 6.05. The fourth-order valence-electron chi connectivity index (χ4n) is 3.76. The molecule has 1 heterocycles. The Hall–Kier alpha value is -0.210. The van der Waals surface area contributed by atoms with E-state index in [2.05, 4.69) is 39.0 Å². The molecule has 0 amide bonds. The highest BCUT2D eigenvalue weighted by molar-refractivity contribution is 9.10. The lowest BCUT2D eigenvalue weighted by Gasteiger charge is -2.43. The second-order valence-corrected chi connectivity index (χ2v) is 7.13. The van der Waals surface area contributed by atoms with Gasteiger partial charge in [-0.1, -0.05) is 41.3 Å². The molecule has 1 nitrogen and oxygen atoms in total. The molecule has 0 aromatic heterocycles. The Morgan fingerprint density at radius 3 is 2.74 bits per heavy atom. The SMILES string of the molecule is ClCc1ccc(Br)cc1N1CCC2CCCCC2C1. The van der Waals surface area contributed by atoms with Crippen molar-refractivity contribution in [2.24, 2.45) is 11.8 Å². The summed E-state index contributed by atoms with van der Waals surface area (Å²) in [5.41, 5.74) is 2.60. The zero-order valence-corrected chi connectivity index (χ0v) is 13.6. The van der Waals surface area contributed by atoms with Crippen LogP contribution in [0.5, 0.6) is 0 Å². The van der Waals surface area contributed by atoms with Crippen LogP contribution in [-0.2, 0) is 5.88 Å². The Labute approximate surface area is 129 Å². The predicted octanol–water partition coefficient (Wildman–Crippen LogP) is 5.20. The summed E-state index contributed by atoms with van der Waals surface area (Å²) in [6.07, 6.45) is 7.12. The van der Waals surface area contributed by atoms with Gasteiger partial charge in [0.1, 0.15) is 0 Å².